The number of ether oxygens (including phenoxy) is 1. The van der Waals surface area contributed by atoms with E-state index in [9.17, 15) is 4.79 Å². The SMILES string of the molecule is O=C(COc1ccc(Cl)cc1)NCc1nnc(-c2ccncc2)o1. The first-order valence-electron chi connectivity index (χ1n) is 7.08. The van der Waals surface area contributed by atoms with Gasteiger partial charge in [-0.1, -0.05) is 11.6 Å². The molecule has 0 radical (unpaired) electrons. The molecule has 0 fully saturated rings. The van der Waals surface area contributed by atoms with Gasteiger partial charge in [0.25, 0.3) is 5.91 Å². The van der Waals surface area contributed by atoms with Gasteiger partial charge < -0.3 is 14.5 Å². The van der Waals surface area contributed by atoms with Crippen LogP contribution >= 0.6 is 11.6 Å². The maximum atomic E-state index is 11.8. The standard InChI is InChI=1S/C16H13ClN4O3/c17-12-1-3-13(4-2-12)23-10-14(22)19-9-15-20-21-16(24-15)11-5-7-18-8-6-11/h1-8H,9-10H2,(H,19,22). The molecule has 0 aliphatic rings. The number of nitrogens with zero attached hydrogens (tertiary/aromatic N) is 3. The van der Waals surface area contributed by atoms with Crippen molar-refractivity contribution in [2.45, 2.75) is 6.54 Å². The molecule has 1 aromatic carbocycles. The van der Waals surface area contributed by atoms with E-state index in [1.54, 1.807) is 48.8 Å². The maximum Gasteiger partial charge on any atom is 0.258 e. The molecule has 8 heteroatoms. The van der Waals surface area contributed by atoms with Gasteiger partial charge >= 0.3 is 0 Å². The summed E-state index contributed by atoms with van der Waals surface area (Å²) < 4.78 is 10.8. The monoisotopic (exact) mass is 344 g/mol. The predicted molar refractivity (Wildman–Crippen MR) is 86.3 cm³/mol. The largest absolute Gasteiger partial charge is 0.484 e. The second-order valence-corrected chi connectivity index (χ2v) is 5.19. The zero-order chi connectivity index (χ0) is 16.8. The van der Waals surface area contributed by atoms with Gasteiger partial charge in [-0.15, -0.1) is 10.2 Å². The smallest absolute Gasteiger partial charge is 0.258 e. The van der Waals surface area contributed by atoms with Gasteiger partial charge in [0.15, 0.2) is 6.61 Å². The Morgan fingerprint density at radius 1 is 1.12 bits per heavy atom. The Morgan fingerprint density at radius 3 is 2.62 bits per heavy atom. The molecule has 0 unspecified atom stereocenters. The lowest BCUT2D eigenvalue weighted by molar-refractivity contribution is -0.123. The third-order valence-corrected chi connectivity index (χ3v) is 3.27. The van der Waals surface area contributed by atoms with Crippen molar-refractivity contribution in [1.29, 1.82) is 0 Å². The van der Waals surface area contributed by atoms with Crippen LogP contribution in [0.5, 0.6) is 5.75 Å². The van der Waals surface area contributed by atoms with Gasteiger partial charge in [-0.25, -0.2) is 0 Å². The van der Waals surface area contributed by atoms with Crippen molar-refractivity contribution in [1.82, 2.24) is 20.5 Å². The molecule has 24 heavy (non-hydrogen) atoms. The molecular weight excluding hydrogens is 332 g/mol. The summed E-state index contributed by atoms with van der Waals surface area (Å²) in [5.74, 6) is 0.946. The van der Waals surface area contributed by atoms with Crippen molar-refractivity contribution >= 4 is 17.5 Å². The van der Waals surface area contributed by atoms with E-state index < -0.39 is 0 Å². The van der Waals surface area contributed by atoms with E-state index in [-0.39, 0.29) is 19.1 Å². The van der Waals surface area contributed by atoms with E-state index >= 15 is 0 Å². The number of benzene rings is 1. The summed E-state index contributed by atoms with van der Waals surface area (Å²) in [6.45, 7) is 0.00781. The zero-order valence-corrected chi connectivity index (χ0v) is 13.2. The number of rotatable bonds is 6. The second kappa shape index (κ2) is 7.56. The van der Waals surface area contributed by atoms with E-state index in [2.05, 4.69) is 20.5 Å². The number of halogens is 1. The number of hydrogen-bond donors (Lipinski definition) is 1. The quantitative estimate of drug-likeness (QED) is 0.738. The highest BCUT2D eigenvalue weighted by Crippen LogP contribution is 2.16. The van der Waals surface area contributed by atoms with E-state index in [1.165, 1.54) is 0 Å². The molecule has 0 aliphatic carbocycles. The molecule has 0 saturated carbocycles. The molecule has 2 aromatic heterocycles. The topological polar surface area (TPSA) is 90.1 Å². The number of nitrogens with one attached hydrogen (secondary N) is 1. The van der Waals surface area contributed by atoms with Gasteiger partial charge in [-0.3, -0.25) is 9.78 Å². The zero-order valence-electron chi connectivity index (χ0n) is 12.5. The molecule has 2 heterocycles. The summed E-state index contributed by atoms with van der Waals surface area (Å²) in [4.78, 5) is 15.7. The average molecular weight is 345 g/mol. The van der Waals surface area contributed by atoms with Crippen LogP contribution in [0.4, 0.5) is 0 Å². The first-order chi connectivity index (χ1) is 11.7. The fraction of sp³-hybridized carbons (Fsp3) is 0.125. The molecule has 3 rings (SSSR count). The fourth-order valence-corrected chi connectivity index (χ4v) is 1.97. The number of carbonyl (C=O) groups excluding carboxylic acids is 1. The van der Waals surface area contributed by atoms with Crippen LogP contribution in [0.25, 0.3) is 11.5 Å². The molecule has 0 saturated heterocycles. The Balaban J connectivity index is 1.48. The highest BCUT2D eigenvalue weighted by molar-refractivity contribution is 6.30. The van der Waals surface area contributed by atoms with Crippen molar-refractivity contribution in [3.8, 4) is 17.2 Å². The summed E-state index contributed by atoms with van der Waals surface area (Å²) in [5.41, 5.74) is 0.765. The number of carbonyl (C=O) groups is 1. The van der Waals surface area contributed by atoms with Crippen LogP contribution in [0.2, 0.25) is 5.02 Å². The molecule has 0 atom stereocenters. The number of amides is 1. The second-order valence-electron chi connectivity index (χ2n) is 4.76. The van der Waals surface area contributed by atoms with Crippen LogP contribution < -0.4 is 10.1 Å². The van der Waals surface area contributed by atoms with Gasteiger partial charge in [0, 0.05) is 23.0 Å². The van der Waals surface area contributed by atoms with Crippen LogP contribution in [0, 0.1) is 0 Å². The van der Waals surface area contributed by atoms with Gasteiger partial charge in [0.05, 0.1) is 6.54 Å². The summed E-state index contributed by atoms with van der Waals surface area (Å²) in [6.07, 6.45) is 3.27. The van der Waals surface area contributed by atoms with Crippen LogP contribution in [-0.2, 0) is 11.3 Å². The molecule has 1 amide bonds. The van der Waals surface area contributed by atoms with Crippen molar-refractivity contribution < 1.29 is 13.9 Å². The number of pyridine rings is 1. The summed E-state index contributed by atoms with van der Waals surface area (Å²) >= 11 is 5.78. The van der Waals surface area contributed by atoms with Crippen molar-refractivity contribution in [2.75, 3.05) is 6.61 Å². The molecule has 122 valence electrons. The normalized spacial score (nSPS) is 10.4. The molecule has 0 aliphatic heterocycles. The third kappa shape index (κ3) is 4.30. The summed E-state index contributed by atoms with van der Waals surface area (Å²) in [5, 5.41) is 11.1. The minimum absolute atomic E-state index is 0.118. The Kier molecular flexibility index (Phi) is 5.02. The minimum atomic E-state index is -0.298. The molecule has 1 N–H and O–H groups in total. The van der Waals surface area contributed by atoms with E-state index in [1.807, 2.05) is 0 Å². The number of hydrogen-bond acceptors (Lipinski definition) is 6. The lowest BCUT2D eigenvalue weighted by Gasteiger charge is -2.06. The van der Waals surface area contributed by atoms with E-state index in [0.717, 1.165) is 5.56 Å². The molecule has 7 nitrogen and oxygen atoms in total. The van der Waals surface area contributed by atoms with Gasteiger partial charge in [-0.05, 0) is 36.4 Å². The lowest BCUT2D eigenvalue weighted by atomic mass is 10.3. The molecular formula is C16H13ClN4O3. The highest BCUT2D eigenvalue weighted by Gasteiger charge is 2.10. The minimum Gasteiger partial charge on any atom is -0.484 e. The van der Waals surface area contributed by atoms with Crippen molar-refractivity contribution in [2.24, 2.45) is 0 Å². The first kappa shape index (κ1) is 15.9. The Morgan fingerprint density at radius 2 is 1.88 bits per heavy atom. The average Bonchev–Trinajstić information content (AvgIpc) is 3.09. The van der Waals surface area contributed by atoms with E-state index in [4.69, 9.17) is 20.8 Å². The molecule has 0 spiro atoms. The van der Waals surface area contributed by atoms with Crippen molar-refractivity contribution in [3.05, 3.63) is 59.7 Å². The van der Waals surface area contributed by atoms with Gasteiger partial charge in [0.1, 0.15) is 5.75 Å². The first-order valence-corrected chi connectivity index (χ1v) is 7.46. The Hall–Kier alpha value is -2.93. The highest BCUT2D eigenvalue weighted by atomic mass is 35.5. The molecule has 3 aromatic rings. The fourth-order valence-electron chi connectivity index (χ4n) is 1.84. The van der Waals surface area contributed by atoms with Crippen molar-refractivity contribution in [3.63, 3.8) is 0 Å². The lowest BCUT2D eigenvalue weighted by Crippen LogP contribution is -2.28. The van der Waals surface area contributed by atoms with Crippen LogP contribution in [0.15, 0.2) is 53.2 Å². The van der Waals surface area contributed by atoms with Crippen LogP contribution in [0.3, 0.4) is 0 Å². The molecule has 0 bridgehead atoms. The van der Waals surface area contributed by atoms with E-state index in [0.29, 0.717) is 22.6 Å². The predicted octanol–water partition coefficient (Wildman–Crippen LogP) is 2.48. The van der Waals surface area contributed by atoms with Gasteiger partial charge in [-0.2, -0.15) is 0 Å². The third-order valence-electron chi connectivity index (χ3n) is 3.01. The summed E-state index contributed by atoms with van der Waals surface area (Å²) in [6, 6.07) is 10.3. The Labute approximate surface area is 142 Å². The maximum absolute atomic E-state index is 11.8. The van der Waals surface area contributed by atoms with Crippen LogP contribution in [-0.4, -0.2) is 27.7 Å². The number of aromatic nitrogens is 3. The van der Waals surface area contributed by atoms with Gasteiger partial charge in [0.2, 0.25) is 11.8 Å². The summed E-state index contributed by atoms with van der Waals surface area (Å²) in [7, 11) is 0. The van der Waals surface area contributed by atoms with Crippen LogP contribution in [0.1, 0.15) is 5.89 Å². The Bertz CT molecular complexity index is 806.